The summed E-state index contributed by atoms with van der Waals surface area (Å²) >= 11 is 0. The molecule has 6 heteroatoms. The molecule has 0 aromatic carbocycles. The molecule has 0 radical (unpaired) electrons. The third-order valence-electron chi connectivity index (χ3n) is 11.3. The molecule has 0 aliphatic rings. The van der Waals surface area contributed by atoms with Crippen molar-refractivity contribution in [3.63, 3.8) is 0 Å². The van der Waals surface area contributed by atoms with E-state index in [9.17, 15) is 19.8 Å². The number of ether oxygens (including phenoxy) is 1. The number of esters is 1. The van der Waals surface area contributed by atoms with Gasteiger partial charge in [-0.05, 0) is 38.2 Å². The molecule has 0 saturated carbocycles. The maximum absolute atomic E-state index is 13.1. The molecular weight excluding hydrogens is 695 g/mol. The molecule has 6 nitrogen and oxygen atoms in total. The molecule has 56 heavy (non-hydrogen) atoms. The second kappa shape index (κ2) is 44.4. The minimum absolute atomic E-state index is 0.0238. The Morgan fingerprint density at radius 2 is 0.946 bits per heavy atom. The third kappa shape index (κ3) is 39.2. The van der Waals surface area contributed by atoms with Crippen molar-refractivity contribution in [2.45, 2.75) is 277 Å². The number of hydrogen-bond acceptors (Lipinski definition) is 5. The molecular formula is C50H95NO5. The first-order valence-electron chi connectivity index (χ1n) is 24.6. The van der Waals surface area contributed by atoms with Crippen molar-refractivity contribution in [1.29, 1.82) is 0 Å². The van der Waals surface area contributed by atoms with Gasteiger partial charge in [0.1, 0.15) is 6.10 Å². The SMILES string of the molecule is CCCCCCCC/C=C\C/C=C/C(CC(=O)NC(CO)C(O)CCCCCCCCCCC)OC(=O)CCCCCCCCCCCCCCCCCCC. The average Bonchev–Trinajstić information content (AvgIpc) is 3.19. The van der Waals surface area contributed by atoms with E-state index < -0.39 is 18.2 Å². The van der Waals surface area contributed by atoms with E-state index in [1.54, 1.807) is 0 Å². The van der Waals surface area contributed by atoms with Crippen LogP contribution >= 0.6 is 0 Å². The van der Waals surface area contributed by atoms with Crippen LogP contribution in [0.3, 0.4) is 0 Å². The normalized spacial score (nSPS) is 13.4. The monoisotopic (exact) mass is 790 g/mol. The van der Waals surface area contributed by atoms with Crippen LogP contribution in [0.25, 0.3) is 0 Å². The van der Waals surface area contributed by atoms with Gasteiger partial charge in [-0.1, -0.05) is 232 Å². The number of amides is 1. The molecule has 0 rings (SSSR count). The van der Waals surface area contributed by atoms with Gasteiger partial charge >= 0.3 is 5.97 Å². The lowest BCUT2D eigenvalue weighted by Crippen LogP contribution is -2.46. The molecule has 1 amide bonds. The molecule has 3 unspecified atom stereocenters. The molecule has 0 heterocycles. The molecule has 330 valence electrons. The zero-order chi connectivity index (χ0) is 41.0. The molecule has 0 fully saturated rings. The van der Waals surface area contributed by atoms with Gasteiger partial charge in [-0.15, -0.1) is 0 Å². The molecule has 3 atom stereocenters. The number of allylic oxidation sites excluding steroid dienone is 3. The lowest BCUT2D eigenvalue weighted by Gasteiger charge is -2.23. The van der Waals surface area contributed by atoms with E-state index >= 15 is 0 Å². The predicted molar refractivity (Wildman–Crippen MR) is 241 cm³/mol. The topological polar surface area (TPSA) is 95.9 Å². The number of carbonyl (C=O) groups excluding carboxylic acids is 2. The van der Waals surface area contributed by atoms with Crippen LogP contribution in [0.5, 0.6) is 0 Å². The highest BCUT2D eigenvalue weighted by atomic mass is 16.5. The van der Waals surface area contributed by atoms with Crippen LogP contribution < -0.4 is 5.32 Å². The second-order valence-electron chi connectivity index (χ2n) is 16.9. The van der Waals surface area contributed by atoms with E-state index in [1.165, 1.54) is 167 Å². The summed E-state index contributed by atoms with van der Waals surface area (Å²) in [4.78, 5) is 25.9. The Balaban J connectivity index is 4.55. The summed E-state index contributed by atoms with van der Waals surface area (Å²) in [6.07, 6.45) is 49.9. The maximum Gasteiger partial charge on any atom is 0.306 e. The number of nitrogens with one attached hydrogen (secondary N) is 1. The number of rotatable bonds is 44. The van der Waals surface area contributed by atoms with Crippen LogP contribution in [0.15, 0.2) is 24.3 Å². The van der Waals surface area contributed by atoms with E-state index in [2.05, 4.69) is 38.2 Å². The Morgan fingerprint density at radius 3 is 1.39 bits per heavy atom. The Kier molecular flexibility index (Phi) is 43.1. The Labute approximate surface area is 348 Å². The quantitative estimate of drug-likeness (QED) is 0.0324. The van der Waals surface area contributed by atoms with Gasteiger partial charge in [0.2, 0.25) is 5.91 Å². The summed E-state index contributed by atoms with van der Waals surface area (Å²) in [6.45, 7) is 6.43. The maximum atomic E-state index is 13.1. The summed E-state index contributed by atoms with van der Waals surface area (Å²) in [5.41, 5.74) is 0. The minimum Gasteiger partial charge on any atom is -0.458 e. The largest absolute Gasteiger partial charge is 0.458 e. The van der Waals surface area contributed by atoms with Crippen LogP contribution in [0, 0.1) is 0 Å². The average molecular weight is 790 g/mol. The molecule has 3 N–H and O–H groups in total. The van der Waals surface area contributed by atoms with Crippen LogP contribution in [0.4, 0.5) is 0 Å². The van der Waals surface area contributed by atoms with Gasteiger partial charge < -0.3 is 20.3 Å². The van der Waals surface area contributed by atoms with Gasteiger partial charge in [-0.25, -0.2) is 0 Å². The summed E-state index contributed by atoms with van der Waals surface area (Å²) in [7, 11) is 0. The van der Waals surface area contributed by atoms with Crippen molar-refractivity contribution >= 4 is 11.9 Å². The molecule has 0 aromatic rings. The van der Waals surface area contributed by atoms with E-state index in [-0.39, 0.29) is 24.9 Å². The predicted octanol–water partition coefficient (Wildman–Crippen LogP) is 14.3. The van der Waals surface area contributed by atoms with Crippen molar-refractivity contribution in [3.05, 3.63) is 24.3 Å². The molecule has 0 spiro atoms. The van der Waals surface area contributed by atoms with Crippen molar-refractivity contribution in [2.24, 2.45) is 0 Å². The fraction of sp³-hybridized carbons (Fsp3) is 0.880. The van der Waals surface area contributed by atoms with Crippen LogP contribution in [-0.4, -0.2) is 46.9 Å². The van der Waals surface area contributed by atoms with Crippen LogP contribution in [0.2, 0.25) is 0 Å². The third-order valence-corrected chi connectivity index (χ3v) is 11.3. The van der Waals surface area contributed by atoms with E-state index in [0.29, 0.717) is 12.8 Å². The number of carbonyl (C=O) groups is 2. The highest BCUT2D eigenvalue weighted by molar-refractivity contribution is 5.78. The molecule has 0 saturated heterocycles. The molecule has 0 aliphatic heterocycles. The Morgan fingerprint density at radius 1 is 0.536 bits per heavy atom. The second-order valence-corrected chi connectivity index (χ2v) is 16.9. The van der Waals surface area contributed by atoms with E-state index in [0.717, 1.165) is 51.4 Å². The van der Waals surface area contributed by atoms with Gasteiger partial charge in [-0.3, -0.25) is 9.59 Å². The van der Waals surface area contributed by atoms with Gasteiger partial charge in [0.15, 0.2) is 0 Å². The lowest BCUT2D eigenvalue weighted by atomic mass is 10.0. The summed E-state index contributed by atoms with van der Waals surface area (Å²) in [5.74, 6) is -0.592. The van der Waals surface area contributed by atoms with E-state index in [4.69, 9.17) is 4.74 Å². The van der Waals surface area contributed by atoms with Crippen molar-refractivity contribution in [2.75, 3.05) is 6.61 Å². The van der Waals surface area contributed by atoms with E-state index in [1.807, 2.05) is 12.2 Å². The van der Waals surface area contributed by atoms with Gasteiger partial charge in [0.25, 0.3) is 0 Å². The fourth-order valence-corrected chi connectivity index (χ4v) is 7.51. The number of hydrogen-bond donors (Lipinski definition) is 3. The lowest BCUT2D eigenvalue weighted by molar-refractivity contribution is -0.148. The molecule has 0 bridgehead atoms. The highest BCUT2D eigenvalue weighted by Gasteiger charge is 2.23. The van der Waals surface area contributed by atoms with Gasteiger partial charge in [0, 0.05) is 6.42 Å². The summed E-state index contributed by atoms with van der Waals surface area (Å²) in [6, 6.07) is -0.725. The fourth-order valence-electron chi connectivity index (χ4n) is 7.51. The van der Waals surface area contributed by atoms with Crippen molar-refractivity contribution < 1.29 is 24.5 Å². The zero-order valence-corrected chi connectivity index (χ0v) is 37.5. The first-order valence-corrected chi connectivity index (χ1v) is 24.6. The summed E-state index contributed by atoms with van der Waals surface area (Å²) < 4.78 is 5.82. The van der Waals surface area contributed by atoms with Crippen LogP contribution in [-0.2, 0) is 14.3 Å². The number of aliphatic hydroxyl groups is 2. The minimum atomic E-state index is -0.804. The zero-order valence-electron chi connectivity index (χ0n) is 37.5. The Bertz CT molecular complexity index is 889. The number of unbranched alkanes of at least 4 members (excludes halogenated alkanes) is 30. The van der Waals surface area contributed by atoms with Crippen molar-refractivity contribution in [3.8, 4) is 0 Å². The highest BCUT2D eigenvalue weighted by Crippen LogP contribution is 2.16. The molecule has 0 aromatic heterocycles. The Hall–Kier alpha value is -1.66. The summed E-state index contributed by atoms with van der Waals surface area (Å²) in [5, 5.41) is 23.5. The first kappa shape index (κ1) is 54.3. The smallest absolute Gasteiger partial charge is 0.306 e. The van der Waals surface area contributed by atoms with Crippen molar-refractivity contribution in [1.82, 2.24) is 5.32 Å². The number of aliphatic hydroxyl groups excluding tert-OH is 2. The molecule has 0 aliphatic carbocycles. The van der Waals surface area contributed by atoms with Gasteiger partial charge in [0.05, 0.1) is 25.2 Å². The standard InChI is InChI=1S/C50H95NO5/c1-4-7-10-13-16-19-21-22-23-24-25-26-28-31-34-37-40-43-50(55)56-46(41-38-35-32-30-27-20-17-14-11-8-5-2)44-49(54)51-47(45-52)48(53)42-39-36-33-29-18-15-12-9-6-3/h30,32,38,41,46-48,52-53H,4-29,31,33-37,39-40,42-45H2,1-3H3,(H,51,54)/b32-30-,41-38+. The van der Waals surface area contributed by atoms with Crippen LogP contribution in [0.1, 0.15) is 258 Å². The van der Waals surface area contributed by atoms with Gasteiger partial charge in [-0.2, -0.15) is 0 Å². The first-order chi connectivity index (χ1) is 27.5.